The molecule has 0 radical (unpaired) electrons. The summed E-state index contributed by atoms with van der Waals surface area (Å²) in [5.41, 5.74) is 1.88. The first-order valence-electron chi connectivity index (χ1n) is 10.0. The Morgan fingerprint density at radius 2 is 1.81 bits per heavy atom. The molecular formula is C24H18ClN5O2. The molecule has 0 aliphatic rings. The molecule has 0 saturated heterocycles. The van der Waals surface area contributed by atoms with Gasteiger partial charge in [0.25, 0.3) is 5.56 Å². The summed E-state index contributed by atoms with van der Waals surface area (Å²) in [6.45, 7) is 1.56. The number of amides is 1. The van der Waals surface area contributed by atoms with Crippen molar-refractivity contribution in [3.05, 3.63) is 94.0 Å². The Morgan fingerprint density at radius 3 is 2.66 bits per heavy atom. The summed E-state index contributed by atoms with van der Waals surface area (Å²) in [5, 5.41) is 14.7. The van der Waals surface area contributed by atoms with Crippen molar-refractivity contribution in [2.75, 3.05) is 5.32 Å². The molecule has 1 amide bonds. The van der Waals surface area contributed by atoms with E-state index in [2.05, 4.69) is 15.5 Å². The standard InChI is InChI=1S/C24H18ClN5O2/c1-15-20-13-26-30(18-9-5-8-17(25)12-18)23(20)24(32)29(28-15)14-22(31)27-21-11-4-7-16-6-2-3-10-19(16)21/h2-13H,14H2,1H3,(H,27,31). The zero-order valence-electron chi connectivity index (χ0n) is 17.1. The lowest BCUT2D eigenvalue weighted by Gasteiger charge is -2.11. The third kappa shape index (κ3) is 3.52. The number of fused-ring (bicyclic) bond motifs is 2. The highest BCUT2D eigenvalue weighted by Gasteiger charge is 2.17. The van der Waals surface area contributed by atoms with Crippen molar-refractivity contribution in [1.82, 2.24) is 19.6 Å². The van der Waals surface area contributed by atoms with E-state index in [9.17, 15) is 9.59 Å². The SMILES string of the molecule is Cc1nn(CC(=O)Nc2cccc3ccccc23)c(=O)c2c1cnn2-c1cccc(Cl)c1. The molecule has 0 unspecified atom stereocenters. The maximum atomic E-state index is 13.2. The summed E-state index contributed by atoms with van der Waals surface area (Å²) in [4.78, 5) is 26.1. The number of aryl methyl sites for hydroxylation is 1. The van der Waals surface area contributed by atoms with Gasteiger partial charge in [-0.15, -0.1) is 0 Å². The van der Waals surface area contributed by atoms with Gasteiger partial charge in [-0.1, -0.05) is 54.1 Å². The lowest BCUT2D eigenvalue weighted by molar-refractivity contribution is -0.117. The first kappa shape index (κ1) is 20.0. The lowest BCUT2D eigenvalue weighted by atomic mass is 10.1. The van der Waals surface area contributed by atoms with E-state index >= 15 is 0 Å². The molecular weight excluding hydrogens is 426 g/mol. The lowest BCUT2D eigenvalue weighted by Crippen LogP contribution is -2.31. The molecule has 5 aromatic rings. The second kappa shape index (κ2) is 7.94. The zero-order chi connectivity index (χ0) is 22.2. The van der Waals surface area contributed by atoms with Gasteiger partial charge in [-0.25, -0.2) is 9.36 Å². The molecule has 3 aromatic carbocycles. The molecule has 32 heavy (non-hydrogen) atoms. The van der Waals surface area contributed by atoms with Crippen LogP contribution in [0.4, 0.5) is 5.69 Å². The molecule has 7 nitrogen and oxygen atoms in total. The highest BCUT2D eigenvalue weighted by Crippen LogP contribution is 2.23. The number of hydrogen-bond acceptors (Lipinski definition) is 4. The number of hydrogen-bond donors (Lipinski definition) is 1. The third-order valence-corrected chi connectivity index (χ3v) is 5.51. The molecule has 0 fully saturated rings. The van der Waals surface area contributed by atoms with Crippen molar-refractivity contribution in [3.8, 4) is 5.69 Å². The minimum Gasteiger partial charge on any atom is -0.324 e. The van der Waals surface area contributed by atoms with Crippen LogP contribution in [0.1, 0.15) is 5.69 Å². The van der Waals surface area contributed by atoms with Crippen molar-refractivity contribution in [2.45, 2.75) is 13.5 Å². The van der Waals surface area contributed by atoms with Gasteiger partial charge in [0, 0.05) is 21.5 Å². The molecule has 0 aliphatic heterocycles. The molecule has 0 spiro atoms. The third-order valence-electron chi connectivity index (χ3n) is 5.28. The molecule has 0 aliphatic carbocycles. The Labute approximate surface area is 187 Å². The van der Waals surface area contributed by atoms with Crippen LogP contribution in [0.2, 0.25) is 5.02 Å². The van der Waals surface area contributed by atoms with Crippen LogP contribution >= 0.6 is 11.6 Å². The predicted molar refractivity (Wildman–Crippen MR) is 125 cm³/mol. The first-order valence-corrected chi connectivity index (χ1v) is 10.4. The van der Waals surface area contributed by atoms with Gasteiger partial charge in [0.05, 0.1) is 17.6 Å². The van der Waals surface area contributed by atoms with Gasteiger partial charge in [-0.3, -0.25) is 9.59 Å². The van der Waals surface area contributed by atoms with Gasteiger partial charge < -0.3 is 5.32 Å². The van der Waals surface area contributed by atoms with Crippen molar-refractivity contribution in [1.29, 1.82) is 0 Å². The van der Waals surface area contributed by atoms with Gasteiger partial charge in [-0.2, -0.15) is 10.2 Å². The minimum absolute atomic E-state index is 0.223. The van der Waals surface area contributed by atoms with Crippen molar-refractivity contribution in [2.24, 2.45) is 0 Å². The van der Waals surface area contributed by atoms with Crippen LogP contribution in [-0.2, 0) is 11.3 Å². The second-order valence-electron chi connectivity index (χ2n) is 7.42. The summed E-state index contributed by atoms with van der Waals surface area (Å²) in [7, 11) is 0. The number of anilines is 1. The minimum atomic E-state index is -0.406. The highest BCUT2D eigenvalue weighted by molar-refractivity contribution is 6.30. The van der Waals surface area contributed by atoms with E-state index in [-0.39, 0.29) is 12.5 Å². The zero-order valence-corrected chi connectivity index (χ0v) is 17.9. The maximum Gasteiger partial charge on any atom is 0.293 e. The average molecular weight is 444 g/mol. The van der Waals surface area contributed by atoms with Gasteiger partial charge in [-0.05, 0) is 36.6 Å². The summed E-state index contributed by atoms with van der Waals surface area (Å²) < 4.78 is 2.69. The average Bonchev–Trinajstić information content (AvgIpc) is 3.24. The monoisotopic (exact) mass is 443 g/mol. The molecule has 158 valence electrons. The molecule has 8 heteroatoms. The predicted octanol–water partition coefficient (Wildman–Crippen LogP) is 4.34. The number of halogens is 1. The fourth-order valence-electron chi connectivity index (χ4n) is 3.79. The van der Waals surface area contributed by atoms with E-state index in [4.69, 9.17) is 11.6 Å². The van der Waals surface area contributed by atoms with Crippen LogP contribution in [-0.4, -0.2) is 25.5 Å². The van der Waals surface area contributed by atoms with E-state index in [1.807, 2.05) is 48.5 Å². The maximum absolute atomic E-state index is 13.2. The number of nitrogens with one attached hydrogen (secondary N) is 1. The fraction of sp³-hybridized carbons (Fsp3) is 0.0833. The molecule has 0 atom stereocenters. The second-order valence-corrected chi connectivity index (χ2v) is 7.86. The first-order chi connectivity index (χ1) is 15.5. The number of carbonyl (C=O) groups excluding carboxylic acids is 1. The van der Waals surface area contributed by atoms with Crippen LogP contribution in [0.5, 0.6) is 0 Å². The van der Waals surface area contributed by atoms with Crippen LogP contribution in [0, 0.1) is 6.92 Å². The summed E-state index contributed by atoms with van der Waals surface area (Å²) in [5.74, 6) is -0.344. The molecule has 2 heterocycles. The van der Waals surface area contributed by atoms with Crippen LogP contribution in [0.25, 0.3) is 27.4 Å². The van der Waals surface area contributed by atoms with Gasteiger partial charge in [0.15, 0.2) is 0 Å². The van der Waals surface area contributed by atoms with Crippen LogP contribution in [0.3, 0.4) is 0 Å². The number of carbonyl (C=O) groups is 1. The molecule has 0 saturated carbocycles. The number of benzene rings is 3. The number of aromatic nitrogens is 4. The van der Waals surface area contributed by atoms with E-state index in [0.717, 1.165) is 10.8 Å². The molecule has 0 bridgehead atoms. The Morgan fingerprint density at radius 1 is 1.03 bits per heavy atom. The van der Waals surface area contributed by atoms with Crippen molar-refractivity contribution in [3.63, 3.8) is 0 Å². The van der Waals surface area contributed by atoms with E-state index in [1.165, 1.54) is 9.36 Å². The molecule has 1 N–H and O–H groups in total. The van der Waals surface area contributed by atoms with Crippen LogP contribution in [0.15, 0.2) is 77.7 Å². The number of nitrogens with zero attached hydrogens (tertiary/aromatic N) is 4. The van der Waals surface area contributed by atoms with E-state index in [1.54, 1.807) is 31.3 Å². The smallest absolute Gasteiger partial charge is 0.293 e. The fourth-order valence-corrected chi connectivity index (χ4v) is 3.98. The molecule has 5 rings (SSSR count). The van der Waals surface area contributed by atoms with E-state index < -0.39 is 5.56 Å². The molecule has 2 aromatic heterocycles. The van der Waals surface area contributed by atoms with Gasteiger partial charge in [0.1, 0.15) is 12.1 Å². The Bertz CT molecular complexity index is 1550. The van der Waals surface area contributed by atoms with Crippen LogP contribution < -0.4 is 10.9 Å². The van der Waals surface area contributed by atoms with Crippen molar-refractivity contribution < 1.29 is 4.79 Å². The normalized spacial score (nSPS) is 11.2. The topological polar surface area (TPSA) is 81.8 Å². The highest BCUT2D eigenvalue weighted by atomic mass is 35.5. The van der Waals surface area contributed by atoms with Crippen molar-refractivity contribution >= 4 is 44.9 Å². The summed E-state index contributed by atoms with van der Waals surface area (Å²) in [6, 6.07) is 20.5. The summed E-state index contributed by atoms with van der Waals surface area (Å²) >= 11 is 6.11. The Balaban J connectivity index is 1.52. The van der Waals surface area contributed by atoms with Gasteiger partial charge >= 0.3 is 0 Å². The van der Waals surface area contributed by atoms with E-state index in [0.29, 0.717) is 33.0 Å². The van der Waals surface area contributed by atoms with Gasteiger partial charge in [0.2, 0.25) is 5.91 Å². The Hall–Kier alpha value is -3.97. The Kier molecular flexibility index (Phi) is 4.95. The largest absolute Gasteiger partial charge is 0.324 e. The number of rotatable bonds is 4. The summed E-state index contributed by atoms with van der Waals surface area (Å²) in [6.07, 6.45) is 1.60. The quantitative estimate of drug-likeness (QED) is 0.448.